The second-order valence-electron chi connectivity index (χ2n) is 6.48. The molecule has 0 aromatic heterocycles. The molecule has 1 saturated heterocycles. The van der Waals surface area contributed by atoms with Gasteiger partial charge in [0, 0.05) is 12.8 Å². The first-order chi connectivity index (χ1) is 12.1. The maximum absolute atomic E-state index is 12.8. The minimum absolute atomic E-state index is 0.255. The van der Waals surface area contributed by atoms with Gasteiger partial charge >= 0.3 is 5.97 Å². The fraction of sp³-hybridized carbons (Fsp3) is 0.333. The maximum atomic E-state index is 12.8. The summed E-state index contributed by atoms with van der Waals surface area (Å²) in [6.07, 6.45) is 1.49. The van der Waals surface area contributed by atoms with Crippen LogP contribution >= 0.6 is 0 Å². The number of nitriles is 1. The first kappa shape index (κ1) is 17.2. The molecule has 1 N–H and O–H groups in total. The molecule has 1 fully saturated rings. The van der Waals surface area contributed by atoms with Crippen molar-refractivity contribution < 1.29 is 9.53 Å². The zero-order chi connectivity index (χ0) is 17.7. The highest BCUT2D eigenvalue weighted by atomic mass is 16.6. The van der Waals surface area contributed by atoms with Gasteiger partial charge in [-0.3, -0.25) is 0 Å². The molecule has 0 spiro atoms. The summed E-state index contributed by atoms with van der Waals surface area (Å²) >= 11 is 0. The van der Waals surface area contributed by atoms with Gasteiger partial charge in [0.25, 0.3) is 0 Å². The van der Waals surface area contributed by atoms with Gasteiger partial charge in [0.2, 0.25) is 0 Å². The van der Waals surface area contributed by atoms with Crippen LogP contribution in [0, 0.1) is 11.3 Å². The summed E-state index contributed by atoms with van der Waals surface area (Å²) in [5.41, 5.74) is 1.76. The second-order valence-corrected chi connectivity index (χ2v) is 6.48. The summed E-state index contributed by atoms with van der Waals surface area (Å²) in [5, 5.41) is 12.4. The maximum Gasteiger partial charge on any atom is 0.339 e. The van der Waals surface area contributed by atoms with E-state index in [0.717, 1.165) is 37.1 Å². The molecule has 1 unspecified atom stereocenters. The number of ether oxygens (including phenoxy) is 1. The molecule has 0 bridgehead atoms. The van der Waals surface area contributed by atoms with Crippen molar-refractivity contribution in [1.82, 2.24) is 5.32 Å². The molecule has 1 atom stereocenters. The van der Waals surface area contributed by atoms with Crippen LogP contribution in [-0.2, 0) is 10.3 Å². The van der Waals surface area contributed by atoms with Crippen molar-refractivity contribution in [3.05, 3.63) is 71.3 Å². The monoisotopic (exact) mass is 334 g/mol. The van der Waals surface area contributed by atoms with Crippen molar-refractivity contribution >= 4 is 5.97 Å². The first-order valence-electron chi connectivity index (χ1n) is 8.64. The Hall–Kier alpha value is -2.64. The summed E-state index contributed by atoms with van der Waals surface area (Å²) in [4.78, 5) is 12.8. The van der Waals surface area contributed by atoms with E-state index < -0.39 is 5.60 Å². The number of carbonyl (C=O) groups is 1. The summed E-state index contributed by atoms with van der Waals surface area (Å²) < 4.78 is 6.06. The van der Waals surface area contributed by atoms with Crippen LogP contribution < -0.4 is 5.32 Å². The normalized spacial score (nSPS) is 17.3. The Balaban J connectivity index is 1.88. The molecule has 0 amide bonds. The Morgan fingerprint density at radius 2 is 1.88 bits per heavy atom. The van der Waals surface area contributed by atoms with E-state index in [-0.39, 0.29) is 11.9 Å². The fourth-order valence-corrected chi connectivity index (χ4v) is 3.27. The first-order valence-corrected chi connectivity index (χ1v) is 8.64. The summed E-state index contributed by atoms with van der Waals surface area (Å²) in [6.45, 7) is 3.45. The number of rotatable bonds is 4. The average Bonchev–Trinajstić information content (AvgIpc) is 2.69. The highest BCUT2D eigenvalue weighted by Crippen LogP contribution is 2.35. The van der Waals surface area contributed by atoms with Crippen molar-refractivity contribution in [2.24, 2.45) is 0 Å². The van der Waals surface area contributed by atoms with Crippen LogP contribution in [0.4, 0.5) is 0 Å². The SMILES string of the molecule is CC(C#N)c1cccc(C(=O)OC2(c3ccccc3)CCNCC2)c1. The van der Waals surface area contributed by atoms with E-state index in [1.807, 2.05) is 43.3 Å². The van der Waals surface area contributed by atoms with Gasteiger partial charge in [-0.25, -0.2) is 4.79 Å². The minimum atomic E-state index is -0.597. The van der Waals surface area contributed by atoms with E-state index >= 15 is 0 Å². The topological polar surface area (TPSA) is 62.1 Å². The number of piperidine rings is 1. The number of hydrogen-bond acceptors (Lipinski definition) is 4. The Labute approximate surface area is 148 Å². The van der Waals surface area contributed by atoms with Gasteiger partial charge in [-0.2, -0.15) is 5.26 Å². The molecule has 0 saturated carbocycles. The molecule has 0 radical (unpaired) electrons. The van der Waals surface area contributed by atoms with Gasteiger partial charge in [-0.05, 0) is 43.3 Å². The van der Waals surface area contributed by atoms with Gasteiger partial charge in [0.05, 0.1) is 17.6 Å². The van der Waals surface area contributed by atoms with Crippen LogP contribution in [0.25, 0.3) is 0 Å². The second kappa shape index (κ2) is 7.50. The molecule has 128 valence electrons. The van der Waals surface area contributed by atoms with E-state index in [0.29, 0.717) is 5.56 Å². The van der Waals surface area contributed by atoms with E-state index in [9.17, 15) is 4.79 Å². The number of hydrogen-bond donors (Lipinski definition) is 1. The molecular formula is C21H22N2O2. The Morgan fingerprint density at radius 3 is 2.56 bits per heavy atom. The lowest BCUT2D eigenvalue weighted by molar-refractivity contribution is -0.0378. The minimum Gasteiger partial charge on any atom is -0.450 e. The number of benzene rings is 2. The zero-order valence-corrected chi connectivity index (χ0v) is 14.4. The van der Waals surface area contributed by atoms with Gasteiger partial charge in [-0.15, -0.1) is 0 Å². The molecule has 1 aliphatic heterocycles. The van der Waals surface area contributed by atoms with E-state index in [4.69, 9.17) is 10.00 Å². The van der Waals surface area contributed by atoms with Crippen molar-refractivity contribution in [2.45, 2.75) is 31.3 Å². The molecule has 2 aromatic carbocycles. The summed E-state index contributed by atoms with van der Waals surface area (Å²) in [5.74, 6) is -0.590. The number of nitrogens with one attached hydrogen (secondary N) is 1. The third-order valence-electron chi connectivity index (χ3n) is 4.82. The summed E-state index contributed by atoms with van der Waals surface area (Å²) in [7, 11) is 0. The van der Waals surface area contributed by atoms with Crippen LogP contribution in [-0.4, -0.2) is 19.1 Å². The number of esters is 1. The molecule has 1 heterocycles. The van der Waals surface area contributed by atoms with Crippen LogP contribution in [0.1, 0.15) is 47.2 Å². The zero-order valence-electron chi connectivity index (χ0n) is 14.4. The molecule has 2 aromatic rings. The Morgan fingerprint density at radius 1 is 1.16 bits per heavy atom. The van der Waals surface area contributed by atoms with Gasteiger partial charge in [0.1, 0.15) is 5.60 Å². The van der Waals surface area contributed by atoms with Gasteiger partial charge in [0.15, 0.2) is 0 Å². The molecule has 1 aliphatic rings. The van der Waals surface area contributed by atoms with Crippen molar-refractivity contribution in [2.75, 3.05) is 13.1 Å². The van der Waals surface area contributed by atoms with E-state index in [1.165, 1.54) is 0 Å². The quantitative estimate of drug-likeness (QED) is 0.865. The molecule has 4 nitrogen and oxygen atoms in total. The lowest BCUT2D eigenvalue weighted by atomic mass is 9.84. The van der Waals surface area contributed by atoms with Gasteiger partial charge < -0.3 is 10.1 Å². The average molecular weight is 334 g/mol. The standard InChI is InChI=1S/C21H22N2O2/c1-16(15-22)17-6-5-7-18(14-17)20(24)25-21(10-12-23-13-11-21)19-8-3-2-4-9-19/h2-9,14,16,23H,10-13H2,1H3. The van der Waals surface area contributed by atoms with E-state index in [1.54, 1.807) is 18.2 Å². The molecule has 25 heavy (non-hydrogen) atoms. The Kier molecular flexibility index (Phi) is 5.16. The van der Waals surface area contributed by atoms with Crippen molar-refractivity contribution in [3.63, 3.8) is 0 Å². The van der Waals surface area contributed by atoms with Crippen molar-refractivity contribution in [1.29, 1.82) is 5.26 Å². The lowest BCUT2D eigenvalue weighted by Crippen LogP contribution is -2.43. The summed E-state index contributed by atoms with van der Waals surface area (Å²) in [6, 6.07) is 19.3. The number of carbonyl (C=O) groups excluding carboxylic acids is 1. The number of nitrogens with zero attached hydrogens (tertiary/aromatic N) is 1. The smallest absolute Gasteiger partial charge is 0.339 e. The predicted octanol–water partition coefficient (Wildman–Crippen LogP) is 3.75. The van der Waals surface area contributed by atoms with E-state index in [2.05, 4.69) is 11.4 Å². The fourth-order valence-electron chi connectivity index (χ4n) is 3.27. The third-order valence-corrected chi connectivity index (χ3v) is 4.82. The predicted molar refractivity (Wildman–Crippen MR) is 96.1 cm³/mol. The van der Waals surface area contributed by atoms with Crippen LogP contribution in [0.5, 0.6) is 0 Å². The lowest BCUT2D eigenvalue weighted by Gasteiger charge is -2.37. The highest BCUT2D eigenvalue weighted by molar-refractivity contribution is 5.90. The Bertz CT molecular complexity index is 774. The van der Waals surface area contributed by atoms with Crippen LogP contribution in [0.2, 0.25) is 0 Å². The highest BCUT2D eigenvalue weighted by Gasteiger charge is 2.38. The molecule has 4 heteroatoms. The third kappa shape index (κ3) is 3.72. The molecular weight excluding hydrogens is 312 g/mol. The van der Waals surface area contributed by atoms with Crippen molar-refractivity contribution in [3.8, 4) is 6.07 Å². The molecule has 0 aliphatic carbocycles. The van der Waals surface area contributed by atoms with Crippen LogP contribution in [0.3, 0.4) is 0 Å². The largest absolute Gasteiger partial charge is 0.450 e. The van der Waals surface area contributed by atoms with Gasteiger partial charge in [-0.1, -0.05) is 42.5 Å². The van der Waals surface area contributed by atoms with Crippen LogP contribution in [0.15, 0.2) is 54.6 Å². The molecule has 3 rings (SSSR count).